The summed E-state index contributed by atoms with van der Waals surface area (Å²) < 4.78 is 9.04. The molecular formula is C47H66N3O2+. The summed E-state index contributed by atoms with van der Waals surface area (Å²) in [4.78, 5) is 18.4. The van der Waals surface area contributed by atoms with E-state index in [4.69, 9.17) is 4.42 Å². The van der Waals surface area contributed by atoms with Gasteiger partial charge in [-0.2, -0.15) is 0 Å². The first-order valence-electron chi connectivity index (χ1n) is 20.5. The molecule has 5 heteroatoms. The Labute approximate surface area is 315 Å². The highest BCUT2D eigenvalue weighted by molar-refractivity contribution is 6.09. The maximum absolute atomic E-state index is 14.1. The van der Waals surface area contributed by atoms with Crippen LogP contribution in [0.4, 0.5) is 5.69 Å². The Hall–Kier alpha value is -4.12. The summed E-state index contributed by atoms with van der Waals surface area (Å²) in [6.07, 6.45) is 23.9. The molecule has 2 aromatic rings. The van der Waals surface area contributed by atoms with Crippen molar-refractivity contribution in [3.05, 3.63) is 95.9 Å². The van der Waals surface area contributed by atoms with E-state index in [9.17, 15) is 4.79 Å². The highest BCUT2D eigenvalue weighted by atomic mass is 16.3. The Morgan fingerprint density at radius 3 is 2.08 bits per heavy atom. The van der Waals surface area contributed by atoms with Gasteiger partial charge in [0.25, 0.3) is 5.91 Å². The summed E-state index contributed by atoms with van der Waals surface area (Å²) in [5, 5.41) is 2.16. The predicted molar refractivity (Wildman–Crippen MR) is 225 cm³/mol. The molecule has 0 aromatic heterocycles. The van der Waals surface area contributed by atoms with Crippen molar-refractivity contribution in [2.24, 2.45) is 0 Å². The van der Waals surface area contributed by atoms with Gasteiger partial charge in [0.2, 0.25) is 5.36 Å². The summed E-state index contributed by atoms with van der Waals surface area (Å²) in [6, 6.07) is 21.2. The summed E-state index contributed by atoms with van der Waals surface area (Å²) in [5.74, 6) is 0.903. The minimum atomic E-state index is 0.0693. The number of allylic oxidation sites excluding steroid dienone is 4. The van der Waals surface area contributed by atoms with Crippen molar-refractivity contribution >= 4 is 22.6 Å². The SMILES string of the molecule is CCCCC/C=C\C/C=C\CCCCCCCCN(C)C(=O)c1ccccc1-c1c2ccc(=[N+](CC)CC)cc-2oc2cc(N(CC)CC)ccc12. The first kappa shape index (κ1) is 40.6. The molecule has 4 rings (SSSR count). The third-order valence-corrected chi connectivity index (χ3v) is 10.4. The normalized spacial score (nSPS) is 11.7. The van der Waals surface area contributed by atoms with E-state index in [0.717, 1.165) is 102 Å². The van der Waals surface area contributed by atoms with Gasteiger partial charge >= 0.3 is 0 Å². The molecule has 0 unspecified atom stereocenters. The topological polar surface area (TPSA) is 39.7 Å². The second-order valence-electron chi connectivity index (χ2n) is 14.0. The first-order chi connectivity index (χ1) is 25.5. The Kier molecular flexibility index (Phi) is 17.2. The van der Waals surface area contributed by atoms with Gasteiger partial charge in [0.05, 0.1) is 6.07 Å². The van der Waals surface area contributed by atoms with E-state index in [0.29, 0.717) is 0 Å². The highest BCUT2D eigenvalue weighted by Gasteiger charge is 2.24. The van der Waals surface area contributed by atoms with Gasteiger partial charge in [-0.25, -0.2) is 4.58 Å². The fourth-order valence-electron chi connectivity index (χ4n) is 7.26. The quantitative estimate of drug-likeness (QED) is 0.0354. The second kappa shape index (κ2) is 22.1. The van der Waals surface area contributed by atoms with E-state index in [1.54, 1.807) is 0 Å². The van der Waals surface area contributed by atoms with Crippen LogP contribution in [0, 0.1) is 0 Å². The number of rotatable bonds is 22. The highest BCUT2D eigenvalue weighted by Crippen LogP contribution is 2.42. The van der Waals surface area contributed by atoms with E-state index >= 15 is 0 Å². The number of unbranched alkanes of at least 4 members (excludes halogenated alkanes) is 9. The van der Waals surface area contributed by atoms with E-state index in [-0.39, 0.29) is 5.91 Å². The van der Waals surface area contributed by atoms with Crippen LogP contribution < -0.4 is 14.8 Å². The fraction of sp³-hybridized carbons (Fsp3) is 0.489. The number of carbonyl (C=O) groups excluding carboxylic acids is 1. The third kappa shape index (κ3) is 11.2. The number of fused-ring (bicyclic) bond motifs is 2. The molecule has 2 aromatic carbocycles. The van der Waals surface area contributed by atoms with E-state index in [2.05, 4.69) is 111 Å². The van der Waals surface area contributed by atoms with E-state index < -0.39 is 0 Å². The molecule has 0 bridgehead atoms. The zero-order chi connectivity index (χ0) is 37.1. The van der Waals surface area contributed by atoms with Crippen LogP contribution in [0.15, 0.2) is 89.4 Å². The van der Waals surface area contributed by atoms with Gasteiger partial charge in [-0.3, -0.25) is 4.79 Å². The van der Waals surface area contributed by atoms with Crippen LogP contribution >= 0.6 is 0 Å². The van der Waals surface area contributed by atoms with Crippen molar-refractivity contribution in [3.63, 3.8) is 0 Å². The van der Waals surface area contributed by atoms with Crippen molar-refractivity contribution in [1.82, 2.24) is 9.48 Å². The average Bonchev–Trinajstić information content (AvgIpc) is 3.17. The number of carbonyl (C=O) groups is 1. The lowest BCUT2D eigenvalue weighted by Gasteiger charge is -2.23. The lowest BCUT2D eigenvalue weighted by molar-refractivity contribution is 0.0793. The molecule has 0 spiro atoms. The fourth-order valence-corrected chi connectivity index (χ4v) is 7.26. The molecule has 0 atom stereocenters. The molecule has 0 saturated heterocycles. The molecule has 0 N–H and O–H groups in total. The lowest BCUT2D eigenvalue weighted by Crippen LogP contribution is -2.29. The third-order valence-electron chi connectivity index (χ3n) is 10.4. The van der Waals surface area contributed by atoms with Crippen molar-refractivity contribution in [1.29, 1.82) is 0 Å². The van der Waals surface area contributed by atoms with Crippen LogP contribution in [0.5, 0.6) is 0 Å². The number of anilines is 1. The number of amides is 1. The van der Waals surface area contributed by atoms with Gasteiger partial charge in [0, 0.05) is 66.6 Å². The Morgan fingerprint density at radius 1 is 0.712 bits per heavy atom. The van der Waals surface area contributed by atoms with Crippen molar-refractivity contribution in [2.45, 2.75) is 112 Å². The van der Waals surface area contributed by atoms with Crippen molar-refractivity contribution < 1.29 is 9.21 Å². The molecular weight excluding hydrogens is 639 g/mol. The first-order valence-corrected chi connectivity index (χ1v) is 20.5. The van der Waals surface area contributed by atoms with Gasteiger partial charge < -0.3 is 14.2 Å². The van der Waals surface area contributed by atoms with Crippen molar-refractivity contribution in [2.75, 3.05) is 44.7 Å². The molecule has 0 fully saturated rings. The second-order valence-corrected chi connectivity index (χ2v) is 14.0. The van der Waals surface area contributed by atoms with Gasteiger partial charge in [0.1, 0.15) is 24.4 Å². The smallest absolute Gasteiger partial charge is 0.254 e. The number of hydrogen-bond acceptors (Lipinski definition) is 3. The average molecular weight is 705 g/mol. The van der Waals surface area contributed by atoms with Gasteiger partial charge in [0.15, 0.2) is 0 Å². The minimum Gasteiger partial charge on any atom is -0.456 e. The van der Waals surface area contributed by atoms with Crippen LogP contribution in [0.1, 0.15) is 122 Å². The molecule has 52 heavy (non-hydrogen) atoms. The summed E-state index contributed by atoms with van der Waals surface area (Å²) >= 11 is 0. The van der Waals surface area contributed by atoms with Gasteiger partial charge in [-0.15, -0.1) is 0 Å². The molecule has 1 aliphatic heterocycles. The summed E-state index contributed by atoms with van der Waals surface area (Å²) in [6.45, 7) is 15.4. The molecule has 5 nitrogen and oxygen atoms in total. The number of benzene rings is 3. The number of nitrogens with zero attached hydrogens (tertiary/aromatic N) is 3. The van der Waals surface area contributed by atoms with Crippen LogP contribution in [-0.2, 0) is 0 Å². The van der Waals surface area contributed by atoms with Crippen molar-refractivity contribution in [3.8, 4) is 22.5 Å². The Balaban J connectivity index is 1.44. The summed E-state index contributed by atoms with van der Waals surface area (Å²) in [7, 11) is 1.95. The van der Waals surface area contributed by atoms with E-state index in [1.807, 2.05) is 30.1 Å². The van der Waals surface area contributed by atoms with Crippen LogP contribution in [0.2, 0.25) is 0 Å². The molecule has 0 radical (unpaired) electrons. The zero-order valence-electron chi connectivity index (χ0n) is 33.3. The molecule has 1 heterocycles. The standard InChI is InChI=1S/C47H66N3O2/c1-7-12-13-14-15-16-17-18-19-20-21-22-23-24-25-28-35-48(6)47(51)41-30-27-26-29-40(41)46-42-33-31-38(49(8-2)9-3)36-44(42)52-45-37-39(32-34-43(45)46)50(10-4)11-5/h15-16,18-19,26-27,29-34,36-37H,7-14,17,20-25,28,35H2,1-6H3/q+1/b16-15-,19-18-. The molecule has 280 valence electrons. The molecule has 1 amide bonds. The van der Waals surface area contributed by atoms with E-state index in [1.165, 1.54) is 57.8 Å². The molecule has 2 aliphatic rings. The Morgan fingerprint density at radius 2 is 1.38 bits per heavy atom. The molecule has 0 saturated carbocycles. The van der Waals surface area contributed by atoms with Gasteiger partial charge in [-0.1, -0.05) is 88.0 Å². The molecule has 1 aliphatic carbocycles. The lowest BCUT2D eigenvalue weighted by atomic mass is 9.90. The Bertz CT molecular complexity index is 1770. The predicted octanol–water partition coefficient (Wildman–Crippen LogP) is 11.7. The number of hydrogen-bond donors (Lipinski definition) is 0. The van der Waals surface area contributed by atoms with Crippen LogP contribution in [0.3, 0.4) is 0 Å². The minimum absolute atomic E-state index is 0.0693. The van der Waals surface area contributed by atoms with Crippen LogP contribution in [-0.4, -0.2) is 50.6 Å². The maximum Gasteiger partial charge on any atom is 0.254 e. The maximum atomic E-state index is 14.1. The largest absolute Gasteiger partial charge is 0.456 e. The van der Waals surface area contributed by atoms with Gasteiger partial charge in [-0.05, 0) is 96.0 Å². The summed E-state index contributed by atoms with van der Waals surface area (Å²) in [5.41, 5.74) is 5.74. The zero-order valence-corrected chi connectivity index (χ0v) is 33.3. The monoisotopic (exact) mass is 705 g/mol. The van der Waals surface area contributed by atoms with Crippen LogP contribution in [0.25, 0.3) is 33.4 Å².